The lowest BCUT2D eigenvalue weighted by atomic mass is 10.1. The maximum absolute atomic E-state index is 12.1. The van der Waals surface area contributed by atoms with Crippen molar-refractivity contribution in [3.05, 3.63) is 0 Å². The van der Waals surface area contributed by atoms with Gasteiger partial charge in [-0.3, -0.25) is 10.1 Å². The standard InChI is InChI=1S/C12H22N2OS/c1-8(2)6-11-13-9(3)12(15)14(11)10-4-5-16-7-10/h8-11,13H,4-7H2,1-3H3. The number of nitrogens with one attached hydrogen (secondary N) is 1. The van der Waals surface area contributed by atoms with E-state index < -0.39 is 0 Å². The number of rotatable bonds is 3. The van der Waals surface area contributed by atoms with Crippen LogP contribution < -0.4 is 5.32 Å². The fourth-order valence-electron chi connectivity index (χ4n) is 2.62. The monoisotopic (exact) mass is 242 g/mol. The highest BCUT2D eigenvalue weighted by Crippen LogP contribution is 2.28. The molecule has 0 aromatic carbocycles. The van der Waals surface area contributed by atoms with Gasteiger partial charge in [0.25, 0.3) is 0 Å². The average Bonchev–Trinajstić information content (AvgIpc) is 2.76. The van der Waals surface area contributed by atoms with E-state index in [-0.39, 0.29) is 12.2 Å². The third kappa shape index (κ3) is 2.38. The highest BCUT2D eigenvalue weighted by molar-refractivity contribution is 7.99. The molecule has 92 valence electrons. The third-order valence-corrected chi connectivity index (χ3v) is 4.54. The Morgan fingerprint density at radius 3 is 2.88 bits per heavy atom. The first-order chi connectivity index (χ1) is 7.59. The van der Waals surface area contributed by atoms with Crippen molar-refractivity contribution in [2.45, 2.75) is 51.9 Å². The van der Waals surface area contributed by atoms with E-state index in [0.717, 1.165) is 12.2 Å². The largest absolute Gasteiger partial charge is 0.322 e. The normalized spacial score (nSPS) is 35.4. The average molecular weight is 242 g/mol. The molecule has 0 radical (unpaired) electrons. The third-order valence-electron chi connectivity index (χ3n) is 3.40. The van der Waals surface area contributed by atoms with E-state index in [2.05, 4.69) is 24.1 Å². The van der Waals surface area contributed by atoms with Gasteiger partial charge in [0.15, 0.2) is 0 Å². The number of nitrogens with zero attached hydrogens (tertiary/aromatic N) is 1. The van der Waals surface area contributed by atoms with Crippen LogP contribution in [0, 0.1) is 5.92 Å². The van der Waals surface area contributed by atoms with Crippen molar-refractivity contribution in [1.82, 2.24) is 10.2 Å². The molecule has 0 aromatic heterocycles. The molecule has 2 aliphatic heterocycles. The number of carbonyl (C=O) groups is 1. The molecule has 3 unspecified atom stereocenters. The lowest BCUT2D eigenvalue weighted by Crippen LogP contribution is -2.45. The Morgan fingerprint density at radius 1 is 1.56 bits per heavy atom. The molecule has 16 heavy (non-hydrogen) atoms. The van der Waals surface area contributed by atoms with Crippen molar-refractivity contribution in [1.29, 1.82) is 0 Å². The summed E-state index contributed by atoms with van der Waals surface area (Å²) in [5, 5.41) is 3.43. The van der Waals surface area contributed by atoms with E-state index in [4.69, 9.17) is 0 Å². The maximum atomic E-state index is 12.1. The minimum Gasteiger partial charge on any atom is -0.322 e. The van der Waals surface area contributed by atoms with Gasteiger partial charge in [-0.25, -0.2) is 0 Å². The van der Waals surface area contributed by atoms with Crippen LogP contribution in [0.25, 0.3) is 0 Å². The summed E-state index contributed by atoms with van der Waals surface area (Å²) in [6.45, 7) is 6.42. The Bertz CT molecular complexity index is 264. The minimum absolute atomic E-state index is 0.00866. The molecule has 0 bridgehead atoms. The number of thioether (sulfide) groups is 1. The van der Waals surface area contributed by atoms with Crippen LogP contribution in [-0.4, -0.2) is 40.6 Å². The summed E-state index contributed by atoms with van der Waals surface area (Å²) >= 11 is 1.97. The Morgan fingerprint density at radius 2 is 2.31 bits per heavy atom. The molecule has 2 heterocycles. The van der Waals surface area contributed by atoms with Crippen LogP contribution in [0.3, 0.4) is 0 Å². The summed E-state index contributed by atoms with van der Waals surface area (Å²) in [6.07, 6.45) is 2.50. The zero-order chi connectivity index (χ0) is 11.7. The molecule has 3 atom stereocenters. The fraction of sp³-hybridized carbons (Fsp3) is 0.917. The van der Waals surface area contributed by atoms with Crippen molar-refractivity contribution in [2.24, 2.45) is 5.92 Å². The predicted octanol–water partition coefficient (Wildman–Crippen LogP) is 1.68. The summed E-state index contributed by atoms with van der Waals surface area (Å²) in [4.78, 5) is 14.3. The Kier molecular flexibility index (Phi) is 3.80. The summed E-state index contributed by atoms with van der Waals surface area (Å²) < 4.78 is 0. The molecule has 0 spiro atoms. The van der Waals surface area contributed by atoms with E-state index in [1.54, 1.807) is 0 Å². The van der Waals surface area contributed by atoms with Crippen molar-refractivity contribution in [2.75, 3.05) is 11.5 Å². The number of carbonyl (C=O) groups excluding carboxylic acids is 1. The Balaban J connectivity index is 2.07. The van der Waals surface area contributed by atoms with Gasteiger partial charge >= 0.3 is 0 Å². The maximum Gasteiger partial charge on any atom is 0.241 e. The van der Waals surface area contributed by atoms with Gasteiger partial charge < -0.3 is 4.90 Å². The van der Waals surface area contributed by atoms with Gasteiger partial charge in [0, 0.05) is 11.8 Å². The summed E-state index contributed by atoms with van der Waals surface area (Å²) in [5.41, 5.74) is 0. The summed E-state index contributed by atoms with van der Waals surface area (Å²) in [7, 11) is 0. The van der Waals surface area contributed by atoms with E-state index in [1.165, 1.54) is 12.2 Å². The van der Waals surface area contributed by atoms with E-state index in [0.29, 0.717) is 17.9 Å². The number of amides is 1. The lowest BCUT2D eigenvalue weighted by molar-refractivity contribution is -0.131. The van der Waals surface area contributed by atoms with Crippen LogP contribution in [0.5, 0.6) is 0 Å². The molecule has 1 amide bonds. The van der Waals surface area contributed by atoms with Gasteiger partial charge in [0.05, 0.1) is 12.2 Å². The lowest BCUT2D eigenvalue weighted by Gasteiger charge is -2.30. The second-order valence-corrected chi connectivity index (χ2v) is 6.45. The van der Waals surface area contributed by atoms with Gasteiger partial charge in [0.1, 0.15) is 0 Å². The second kappa shape index (κ2) is 4.96. The molecule has 4 heteroatoms. The molecule has 2 fully saturated rings. The van der Waals surface area contributed by atoms with E-state index in [1.807, 2.05) is 18.7 Å². The highest BCUT2D eigenvalue weighted by atomic mass is 32.2. The van der Waals surface area contributed by atoms with Crippen molar-refractivity contribution >= 4 is 17.7 Å². The zero-order valence-corrected chi connectivity index (χ0v) is 11.2. The quantitative estimate of drug-likeness (QED) is 0.817. The number of hydrogen-bond acceptors (Lipinski definition) is 3. The molecule has 3 nitrogen and oxygen atoms in total. The van der Waals surface area contributed by atoms with Gasteiger partial charge in [-0.15, -0.1) is 0 Å². The first kappa shape index (κ1) is 12.2. The summed E-state index contributed by atoms with van der Waals surface area (Å²) in [5.74, 6) is 3.26. The predicted molar refractivity (Wildman–Crippen MR) is 68.4 cm³/mol. The molecule has 2 saturated heterocycles. The Hall–Kier alpha value is -0.220. The molecule has 2 rings (SSSR count). The van der Waals surface area contributed by atoms with Crippen LogP contribution in [-0.2, 0) is 4.79 Å². The molecular formula is C12H22N2OS. The van der Waals surface area contributed by atoms with Crippen LogP contribution in [0.1, 0.15) is 33.6 Å². The van der Waals surface area contributed by atoms with Crippen LogP contribution in [0.2, 0.25) is 0 Å². The Labute approximate surface area is 102 Å². The van der Waals surface area contributed by atoms with E-state index >= 15 is 0 Å². The van der Waals surface area contributed by atoms with Crippen molar-refractivity contribution in [3.63, 3.8) is 0 Å². The second-order valence-electron chi connectivity index (χ2n) is 5.30. The van der Waals surface area contributed by atoms with Crippen molar-refractivity contribution < 1.29 is 4.79 Å². The minimum atomic E-state index is 0.00866. The summed E-state index contributed by atoms with van der Waals surface area (Å²) in [6, 6.07) is 0.480. The van der Waals surface area contributed by atoms with Gasteiger partial charge in [0.2, 0.25) is 5.91 Å². The van der Waals surface area contributed by atoms with Gasteiger partial charge in [-0.2, -0.15) is 11.8 Å². The molecular weight excluding hydrogens is 220 g/mol. The first-order valence-electron chi connectivity index (χ1n) is 6.25. The van der Waals surface area contributed by atoms with Crippen LogP contribution in [0.15, 0.2) is 0 Å². The smallest absolute Gasteiger partial charge is 0.241 e. The molecule has 0 aromatic rings. The molecule has 0 saturated carbocycles. The zero-order valence-electron chi connectivity index (χ0n) is 10.4. The van der Waals surface area contributed by atoms with Crippen LogP contribution in [0.4, 0.5) is 0 Å². The first-order valence-corrected chi connectivity index (χ1v) is 7.41. The van der Waals surface area contributed by atoms with Crippen LogP contribution >= 0.6 is 11.8 Å². The van der Waals surface area contributed by atoms with E-state index in [9.17, 15) is 4.79 Å². The van der Waals surface area contributed by atoms with Gasteiger partial charge in [-0.1, -0.05) is 13.8 Å². The SMILES string of the molecule is CC(C)CC1NC(C)C(=O)N1C1CCSC1. The molecule has 2 aliphatic rings. The van der Waals surface area contributed by atoms with Crippen molar-refractivity contribution in [3.8, 4) is 0 Å². The molecule has 0 aliphatic carbocycles. The number of hydrogen-bond donors (Lipinski definition) is 1. The highest BCUT2D eigenvalue weighted by Gasteiger charge is 2.41. The van der Waals surface area contributed by atoms with Gasteiger partial charge in [-0.05, 0) is 31.4 Å². The fourth-order valence-corrected chi connectivity index (χ4v) is 3.83. The topological polar surface area (TPSA) is 32.3 Å². The molecule has 1 N–H and O–H groups in total.